The van der Waals surface area contributed by atoms with Crippen LogP contribution in [-0.4, -0.2) is 0 Å². The normalized spacial score (nSPS) is 13.1. The number of rotatable bonds is 2. The summed E-state index contributed by atoms with van der Waals surface area (Å²) in [5.74, 6) is -0.197. The highest BCUT2D eigenvalue weighted by Crippen LogP contribution is 2.35. The van der Waals surface area contributed by atoms with Gasteiger partial charge in [-0.3, -0.25) is 0 Å². The number of hydrogen-bond donors (Lipinski definition) is 1. The van der Waals surface area contributed by atoms with Crippen LogP contribution in [0.2, 0.25) is 0 Å². The zero-order valence-corrected chi connectivity index (χ0v) is 12.4. The van der Waals surface area contributed by atoms with E-state index in [2.05, 4.69) is 26.0 Å². The molecule has 2 N–H and O–H groups in total. The van der Waals surface area contributed by atoms with Crippen LogP contribution in [0.1, 0.15) is 26.2 Å². The average molecular weight is 291 g/mol. The molecule has 1 nitrogen and oxygen atoms in total. The van der Waals surface area contributed by atoms with Crippen molar-refractivity contribution in [3.63, 3.8) is 0 Å². The molecule has 0 fully saturated rings. The van der Waals surface area contributed by atoms with Gasteiger partial charge in [-0.2, -0.15) is 0 Å². The lowest BCUT2D eigenvalue weighted by molar-refractivity contribution is 0.630. The highest BCUT2D eigenvalue weighted by molar-refractivity contribution is 7.19. The summed E-state index contributed by atoms with van der Waals surface area (Å²) in [7, 11) is 0. The van der Waals surface area contributed by atoms with Crippen molar-refractivity contribution < 1.29 is 4.39 Å². The van der Waals surface area contributed by atoms with Gasteiger partial charge in [-0.15, -0.1) is 22.7 Å². The minimum absolute atomic E-state index is 0.120. The van der Waals surface area contributed by atoms with Crippen LogP contribution in [0.3, 0.4) is 0 Å². The Labute approximate surface area is 119 Å². The highest BCUT2D eigenvalue weighted by atomic mass is 32.1. The Morgan fingerprint density at radius 3 is 2.58 bits per heavy atom. The van der Waals surface area contributed by atoms with Crippen molar-refractivity contribution >= 4 is 32.8 Å². The molecule has 0 radical (unpaired) electrons. The van der Waals surface area contributed by atoms with E-state index in [0.717, 1.165) is 15.0 Å². The van der Waals surface area contributed by atoms with Crippen molar-refractivity contribution in [3.8, 4) is 0 Å². The monoisotopic (exact) mass is 291 g/mol. The number of hydrogen-bond acceptors (Lipinski definition) is 3. The van der Waals surface area contributed by atoms with Gasteiger partial charge in [0.15, 0.2) is 0 Å². The Balaban J connectivity index is 2.06. The smallest absolute Gasteiger partial charge is 0.124 e. The summed E-state index contributed by atoms with van der Waals surface area (Å²) < 4.78 is 14.2. The third-order valence-corrected chi connectivity index (χ3v) is 5.38. The fraction of sp³-hybridized carbons (Fsp3) is 0.200. The lowest BCUT2D eigenvalue weighted by atomic mass is 10.1. The maximum atomic E-state index is 13.2. The molecule has 1 atom stereocenters. The maximum absolute atomic E-state index is 13.2. The molecule has 98 valence electrons. The van der Waals surface area contributed by atoms with Crippen LogP contribution in [0.25, 0.3) is 10.1 Å². The minimum Gasteiger partial charge on any atom is -0.320 e. The molecule has 0 saturated carbocycles. The van der Waals surface area contributed by atoms with Gasteiger partial charge in [-0.05, 0) is 49.1 Å². The highest BCUT2D eigenvalue weighted by Gasteiger charge is 2.16. The molecular formula is C15H14FNS2. The molecule has 0 saturated heterocycles. The summed E-state index contributed by atoms with van der Waals surface area (Å²) in [4.78, 5) is 3.62. The first-order valence-corrected chi connectivity index (χ1v) is 7.69. The molecule has 0 spiro atoms. The lowest BCUT2D eigenvalue weighted by Crippen LogP contribution is -2.10. The molecule has 1 aromatic carbocycles. The summed E-state index contributed by atoms with van der Waals surface area (Å²) in [5, 5.41) is 1.06. The molecule has 4 heteroatoms. The van der Waals surface area contributed by atoms with Gasteiger partial charge < -0.3 is 5.73 Å². The number of fused-ring (bicyclic) bond motifs is 1. The van der Waals surface area contributed by atoms with Crippen molar-refractivity contribution in [3.05, 3.63) is 56.3 Å². The van der Waals surface area contributed by atoms with Crippen LogP contribution >= 0.6 is 22.7 Å². The molecular weight excluding hydrogens is 277 g/mol. The SMILES string of the molecule is Cc1cc(C(N)c2cc3ccc(F)cc3s2)c(C)s1. The molecule has 0 amide bonds. The standard InChI is InChI=1S/C15H14FNS2/c1-8-5-12(9(2)18-8)15(17)14-6-10-3-4-11(16)7-13(10)19-14/h3-7,15H,17H2,1-2H3. The second kappa shape index (κ2) is 4.71. The summed E-state index contributed by atoms with van der Waals surface area (Å²) in [6.07, 6.45) is 0. The Bertz CT molecular complexity index is 742. The summed E-state index contributed by atoms with van der Waals surface area (Å²) >= 11 is 3.34. The van der Waals surface area contributed by atoms with E-state index < -0.39 is 0 Å². The number of halogens is 1. The molecule has 0 aliphatic carbocycles. The first-order valence-electron chi connectivity index (χ1n) is 6.06. The van der Waals surface area contributed by atoms with Gasteiger partial charge in [-0.25, -0.2) is 4.39 Å². The van der Waals surface area contributed by atoms with E-state index in [4.69, 9.17) is 5.73 Å². The molecule has 3 aromatic rings. The molecule has 0 bridgehead atoms. The van der Waals surface area contributed by atoms with Crippen molar-refractivity contribution in [2.75, 3.05) is 0 Å². The molecule has 0 aliphatic heterocycles. The molecule has 2 aromatic heterocycles. The first kappa shape index (κ1) is 12.8. The molecule has 3 rings (SSSR count). The largest absolute Gasteiger partial charge is 0.320 e. The van der Waals surface area contributed by atoms with E-state index in [9.17, 15) is 4.39 Å². The Morgan fingerprint density at radius 1 is 1.11 bits per heavy atom. The van der Waals surface area contributed by atoms with Gasteiger partial charge in [0.2, 0.25) is 0 Å². The van der Waals surface area contributed by atoms with Gasteiger partial charge in [0.1, 0.15) is 5.82 Å². The second-order valence-electron chi connectivity index (χ2n) is 4.68. The Hall–Kier alpha value is -1.23. The topological polar surface area (TPSA) is 26.0 Å². The van der Waals surface area contributed by atoms with E-state index in [1.807, 2.05) is 6.07 Å². The minimum atomic E-state index is -0.197. The zero-order chi connectivity index (χ0) is 13.6. The summed E-state index contributed by atoms with van der Waals surface area (Å²) in [6, 6.07) is 8.96. The first-order chi connectivity index (χ1) is 9.04. The van der Waals surface area contributed by atoms with Crippen molar-refractivity contribution in [1.82, 2.24) is 0 Å². The quantitative estimate of drug-likeness (QED) is 0.723. The zero-order valence-electron chi connectivity index (χ0n) is 10.7. The number of nitrogens with two attached hydrogens (primary N) is 1. The number of aryl methyl sites for hydroxylation is 2. The van der Waals surface area contributed by atoms with Crippen molar-refractivity contribution in [1.29, 1.82) is 0 Å². The van der Waals surface area contributed by atoms with Crippen LogP contribution in [0.5, 0.6) is 0 Å². The van der Waals surface area contributed by atoms with Crippen LogP contribution in [0.4, 0.5) is 4.39 Å². The van der Waals surface area contributed by atoms with E-state index >= 15 is 0 Å². The predicted octanol–water partition coefficient (Wildman–Crippen LogP) is 4.77. The molecule has 0 aliphatic rings. The summed E-state index contributed by atoms with van der Waals surface area (Å²) in [6.45, 7) is 4.19. The van der Waals surface area contributed by atoms with Crippen molar-refractivity contribution in [2.45, 2.75) is 19.9 Å². The van der Waals surface area contributed by atoms with E-state index in [1.54, 1.807) is 28.7 Å². The molecule has 2 heterocycles. The van der Waals surface area contributed by atoms with E-state index in [0.29, 0.717) is 0 Å². The second-order valence-corrected chi connectivity index (χ2v) is 7.25. The third-order valence-electron chi connectivity index (χ3n) is 3.22. The van der Waals surface area contributed by atoms with Crippen LogP contribution < -0.4 is 5.73 Å². The molecule has 19 heavy (non-hydrogen) atoms. The maximum Gasteiger partial charge on any atom is 0.124 e. The van der Waals surface area contributed by atoms with Crippen LogP contribution in [0, 0.1) is 19.7 Å². The Morgan fingerprint density at radius 2 is 1.89 bits per heavy atom. The summed E-state index contributed by atoms with van der Waals surface area (Å²) in [5.41, 5.74) is 7.53. The number of benzene rings is 1. The van der Waals surface area contributed by atoms with Gasteiger partial charge >= 0.3 is 0 Å². The van der Waals surface area contributed by atoms with Crippen LogP contribution in [0.15, 0.2) is 30.3 Å². The van der Waals surface area contributed by atoms with E-state index in [-0.39, 0.29) is 11.9 Å². The van der Waals surface area contributed by atoms with Crippen molar-refractivity contribution in [2.24, 2.45) is 5.73 Å². The third kappa shape index (κ3) is 2.31. The molecule has 1 unspecified atom stereocenters. The van der Waals surface area contributed by atoms with Gasteiger partial charge in [-0.1, -0.05) is 6.07 Å². The van der Waals surface area contributed by atoms with Gasteiger partial charge in [0.05, 0.1) is 6.04 Å². The predicted molar refractivity (Wildman–Crippen MR) is 81.6 cm³/mol. The Kier molecular flexibility index (Phi) is 3.17. The van der Waals surface area contributed by atoms with E-state index in [1.165, 1.54) is 21.4 Å². The fourth-order valence-electron chi connectivity index (χ4n) is 2.29. The fourth-order valence-corrected chi connectivity index (χ4v) is 4.37. The van der Waals surface area contributed by atoms with Crippen LogP contribution in [-0.2, 0) is 0 Å². The van der Waals surface area contributed by atoms with Gasteiger partial charge in [0, 0.05) is 19.3 Å². The van der Waals surface area contributed by atoms with Gasteiger partial charge in [0.25, 0.3) is 0 Å². The number of thiophene rings is 2. The lowest BCUT2D eigenvalue weighted by Gasteiger charge is -2.08. The average Bonchev–Trinajstić information content (AvgIpc) is 2.91.